The standard InChI is InChI=1S/C21H20Cl3F3O3/c1-14-12-17(29-11-8-19(23)24)13-18(22)20(14)30-10-3-2-9-28-16-6-4-15(5-7-16)21(25,26)27/h4-8,12-13H,2-3,9-11H2,1H3. The fourth-order valence-corrected chi connectivity index (χ4v) is 2.91. The van der Waals surface area contributed by atoms with Crippen LogP contribution in [0.1, 0.15) is 24.0 Å². The zero-order chi connectivity index (χ0) is 22.1. The van der Waals surface area contributed by atoms with E-state index in [2.05, 4.69) is 0 Å². The van der Waals surface area contributed by atoms with Gasteiger partial charge < -0.3 is 14.2 Å². The number of alkyl halides is 3. The van der Waals surface area contributed by atoms with E-state index in [1.54, 1.807) is 12.1 Å². The fourth-order valence-electron chi connectivity index (χ4n) is 2.47. The van der Waals surface area contributed by atoms with E-state index >= 15 is 0 Å². The Morgan fingerprint density at radius 1 is 0.933 bits per heavy atom. The zero-order valence-corrected chi connectivity index (χ0v) is 18.3. The number of hydrogen-bond acceptors (Lipinski definition) is 3. The molecule has 0 heterocycles. The van der Waals surface area contributed by atoms with Gasteiger partial charge >= 0.3 is 6.18 Å². The molecule has 0 aliphatic carbocycles. The summed E-state index contributed by atoms with van der Waals surface area (Å²) in [6.45, 7) is 2.86. The van der Waals surface area contributed by atoms with Crippen LogP contribution in [-0.4, -0.2) is 19.8 Å². The van der Waals surface area contributed by atoms with Gasteiger partial charge in [0.25, 0.3) is 0 Å². The van der Waals surface area contributed by atoms with Gasteiger partial charge in [0.2, 0.25) is 0 Å². The molecule has 0 saturated heterocycles. The maximum absolute atomic E-state index is 12.5. The molecular formula is C21H20Cl3F3O3. The Morgan fingerprint density at radius 2 is 1.57 bits per heavy atom. The van der Waals surface area contributed by atoms with Gasteiger partial charge in [0.1, 0.15) is 28.3 Å². The van der Waals surface area contributed by atoms with Gasteiger partial charge in [-0.15, -0.1) is 0 Å². The third-order valence-electron chi connectivity index (χ3n) is 3.93. The molecule has 0 aromatic heterocycles. The van der Waals surface area contributed by atoms with Crippen molar-refractivity contribution in [2.45, 2.75) is 25.9 Å². The molecule has 0 amide bonds. The molecule has 3 nitrogen and oxygen atoms in total. The van der Waals surface area contributed by atoms with Crippen molar-refractivity contribution in [3.8, 4) is 17.2 Å². The fraction of sp³-hybridized carbons (Fsp3) is 0.333. The molecule has 0 aliphatic rings. The Kier molecular flexibility index (Phi) is 9.46. The van der Waals surface area contributed by atoms with Crippen molar-refractivity contribution in [3.05, 3.63) is 63.1 Å². The molecular weight excluding hydrogens is 464 g/mol. The third-order valence-corrected chi connectivity index (χ3v) is 4.52. The first-order valence-electron chi connectivity index (χ1n) is 9.04. The minimum atomic E-state index is -4.35. The summed E-state index contributed by atoms with van der Waals surface area (Å²) in [4.78, 5) is 0. The second-order valence-electron chi connectivity index (χ2n) is 6.28. The lowest BCUT2D eigenvalue weighted by molar-refractivity contribution is -0.137. The Labute approximate surface area is 188 Å². The lowest BCUT2D eigenvalue weighted by Gasteiger charge is -2.13. The van der Waals surface area contributed by atoms with E-state index in [9.17, 15) is 13.2 Å². The molecule has 0 atom stereocenters. The first-order valence-corrected chi connectivity index (χ1v) is 10.2. The molecule has 9 heteroatoms. The highest BCUT2D eigenvalue weighted by molar-refractivity contribution is 6.55. The zero-order valence-electron chi connectivity index (χ0n) is 16.1. The largest absolute Gasteiger partial charge is 0.494 e. The molecule has 2 aromatic carbocycles. The monoisotopic (exact) mass is 482 g/mol. The van der Waals surface area contributed by atoms with Gasteiger partial charge in [-0.3, -0.25) is 0 Å². The summed E-state index contributed by atoms with van der Waals surface area (Å²) in [7, 11) is 0. The van der Waals surface area contributed by atoms with E-state index < -0.39 is 11.7 Å². The summed E-state index contributed by atoms with van der Waals surface area (Å²) in [5, 5.41) is 0.423. The number of hydrogen-bond donors (Lipinski definition) is 0. The van der Waals surface area contributed by atoms with E-state index in [1.807, 2.05) is 6.92 Å². The van der Waals surface area contributed by atoms with Gasteiger partial charge in [0.05, 0.1) is 23.8 Å². The number of benzene rings is 2. The molecule has 2 rings (SSSR count). The van der Waals surface area contributed by atoms with Crippen molar-refractivity contribution < 1.29 is 27.4 Å². The van der Waals surface area contributed by atoms with Crippen LogP contribution in [0.25, 0.3) is 0 Å². The summed E-state index contributed by atoms with van der Waals surface area (Å²) >= 11 is 17.3. The number of unbranched alkanes of at least 4 members (excludes halogenated alkanes) is 1. The number of rotatable bonds is 10. The van der Waals surface area contributed by atoms with Crippen LogP contribution in [0.3, 0.4) is 0 Å². The Hall–Kier alpha value is -1.76. The molecule has 164 valence electrons. The summed E-state index contributed by atoms with van der Waals surface area (Å²) in [5.41, 5.74) is 0.116. The van der Waals surface area contributed by atoms with Crippen LogP contribution in [0.5, 0.6) is 17.2 Å². The average molecular weight is 484 g/mol. The lowest BCUT2D eigenvalue weighted by atomic mass is 10.2. The van der Waals surface area contributed by atoms with Gasteiger partial charge in [-0.1, -0.05) is 34.8 Å². The number of ether oxygens (including phenoxy) is 3. The van der Waals surface area contributed by atoms with Crippen molar-refractivity contribution in [1.82, 2.24) is 0 Å². The second kappa shape index (κ2) is 11.6. The first-order chi connectivity index (χ1) is 14.2. The number of aryl methyl sites for hydroxylation is 1. The van der Waals surface area contributed by atoms with Crippen LogP contribution in [0, 0.1) is 6.92 Å². The van der Waals surface area contributed by atoms with E-state index in [1.165, 1.54) is 18.2 Å². The van der Waals surface area contributed by atoms with Crippen LogP contribution in [0.2, 0.25) is 5.02 Å². The maximum Gasteiger partial charge on any atom is 0.416 e. The molecule has 0 fully saturated rings. The van der Waals surface area contributed by atoms with E-state index in [0.29, 0.717) is 48.3 Å². The van der Waals surface area contributed by atoms with Gasteiger partial charge in [-0.05, 0) is 61.7 Å². The van der Waals surface area contributed by atoms with Crippen molar-refractivity contribution in [1.29, 1.82) is 0 Å². The predicted molar refractivity (Wildman–Crippen MR) is 113 cm³/mol. The van der Waals surface area contributed by atoms with Crippen LogP contribution in [0.15, 0.2) is 47.0 Å². The third kappa shape index (κ3) is 8.17. The SMILES string of the molecule is Cc1cc(OCC=C(Cl)Cl)cc(Cl)c1OCCCCOc1ccc(C(F)(F)F)cc1. The van der Waals surface area contributed by atoms with Crippen LogP contribution in [0.4, 0.5) is 13.2 Å². The van der Waals surface area contributed by atoms with Gasteiger partial charge in [-0.2, -0.15) is 13.2 Å². The quantitative estimate of drug-likeness (QED) is 0.326. The highest BCUT2D eigenvalue weighted by Crippen LogP contribution is 2.33. The molecule has 0 aliphatic heterocycles. The smallest absolute Gasteiger partial charge is 0.416 e. The maximum atomic E-state index is 12.5. The minimum Gasteiger partial charge on any atom is -0.494 e. The Balaban J connectivity index is 1.73. The van der Waals surface area contributed by atoms with Crippen LogP contribution < -0.4 is 14.2 Å². The number of halogens is 6. The lowest BCUT2D eigenvalue weighted by Crippen LogP contribution is -2.05. The molecule has 0 saturated carbocycles. The summed E-state index contributed by atoms with van der Waals surface area (Å²) < 4.78 is 54.4. The van der Waals surface area contributed by atoms with Gasteiger partial charge in [-0.25, -0.2) is 0 Å². The van der Waals surface area contributed by atoms with Crippen LogP contribution >= 0.6 is 34.8 Å². The van der Waals surface area contributed by atoms with Gasteiger partial charge in [0, 0.05) is 6.07 Å². The topological polar surface area (TPSA) is 27.7 Å². The summed E-state index contributed by atoms with van der Waals surface area (Å²) in [6, 6.07) is 8.05. The highest BCUT2D eigenvalue weighted by atomic mass is 35.5. The Morgan fingerprint density at radius 3 is 2.13 bits per heavy atom. The molecule has 0 spiro atoms. The molecule has 2 aromatic rings. The predicted octanol–water partition coefficient (Wildman–Crippen LogP) is 7.60. The van der Waals surface area contributed by atoms with E-state index in [4.69, 9.17) is 49.0 Å². The van der Waals surface area contributed by atoms with Gasteiger partial charge in [0.15, 0.2) is 0 Å². The second-order valence-corrected chi connectivity index (χ2v) is 7.70. The Bertz CT molecular complexity index is 826. The first kappa shape index (κ1) is 24.5. The molecule has 0 N–H and O–H groups in total. The van der Waals surface area contributed by atoms with Crippen molar-refractivity contribution in [2.24, 2.45) is 0 Å². The molecule has 0 bridgehead atoms. The van der Waals surface area contributed by atoms with Crippen molar-refractivity contribution >= 4 is 34.8 Å². The molecule has 0 unspecified atom stereocenters. The molecule has 30 heavy (non-hydrogen) atoms. The van der Waals surface area contributed by atoms with E-state index in [0.717, 1.165) is 17.7 Å². The van der Waals surface area contributed by atoms with Crippen molar-refractivity contribution in [2.75, 3.05) is 19.8 Å². The molecule has 0 radical (unpaired) electrons. The summed E-state index contributed by atoms with van der Waals surface area (Å²) in [6.07, 6.45) is -1.48. The van der Waals surface area contributed by atoms with Crippen molar-refractivity contribution in [3.63, 3.8) is 0 Å². The van der Waals surface area contributed by atoms with E-state index in [-0.39, 0.29) is 11.1 Å². The average Bonchev–Trinajstić information content (AvgIpc) is 2.65. The highest BCUT2D eigenvalue weighted by Gasteiger charge is 2.29. The summed E-state index contributed by atoms with van der Waals surface area (Å²) in [5.74, 6) is 1.53. The normalized spacial score (nSPS) is 11.2. The van der Waals surface area contributed by atoms with Crippen LogP contribution in [-0.2, 0) is 6.18 Å². The minimum absolute atomic E-state index is 0.125.